The van der Waals surface area contributed by atoms with Gasteiger partial charge >= 0.3 is 0 Å². The fourth-order valence-corrected chi connectivity index (χ4v) is 3.20. The van der Waals surface area contributed by atoms with Gasteiger partial charge in [-0.1, -0.05) is 53.4 Å². The van der Waals surface area contributed by atoms with Gasteiger partial charge in [0.2, 0.25) is 0 Å². The lowest BCUT2D eigenvalue weighted by molar-refractivity contribution is 0.720. The second-order valence-corrected chi connectivity index (χ2v) is 5.73. The van der Waals surface area contributed by atoms with Gasteiger partial charge in [-0.3, -0.25) is 0 Å². The van der Waals surface area contributed by atoms with Crippen molar-refractivity contribution in [1.29, 1.82) is 0 Å². The van der Waals surface area contributed by atoms with Crippen LogP contribution in [0.15, 0.2) is 40.2 Å². The quantitative estimate of drug-likeness (QED) is 0.849. The monoisotopic (exact) mass is 251 g/mol. The molecule has 84 valence electrons. The predicted molar refractivity (Wildman–Crippen MR) is 68.6 cm³/mol. The Labute approximate surface area is 103 Å². The Morgan fingerprint density at radius 2 is 2.06 bits per heavy atom. The largest absolute Gasteiger partial charge is 0.327 e. The van der Waals surface area contributed by atoms with Crippen LogP contribution in [0.2, 0.25) is 0 Å². The fourth-order valence-electron chi connectivity index (χ4n) is 1.44. The standard InChI is InChI=1S/C11H13N3S2/c1-8(12)10(9-5-3-2-4-6-9)16-11-14-13-7-15-11/h2-8,10H,12H2,1H3. The summed E-state index contributed by atoms with van der Waals surface area (Å²) in [4.78, 5) is 0. The molecule has 3 nitrogen and oxygen atoms in total. The number of nitrogens with zero attached hydrogens (tertiary/aromatic N) is 2. The molecule has 0 spiro atoms. The highest BCUT2D eigenvalue weighted by Gasteiger charge is 2.18. The van der Waals surface area contributed by atoms with Crippen molar-refractivity contribution in [2.45, 2.75) is 22.6 Å². The first-order chi connectivity index (χ1) is 7.77. The van der Waals surface area contributed by atoms with Crippen molar-refractivity contribution in [1.82, 2.24) is 10.2 Å². The predicted octanol–water partition coefficient (Wildman–Crippen LogP) is 2.72. The van der Waals surface area contributed by atoms with E-state index < -0.39 is 0 Å². The molecular weight excluding hydrogens is 238 g/mol. The second-order valence-electron chi connectivity index (χ2n) is 3.51. The van der Waals surface area contributed by atoms with Gasteiger partial charge in [0.15, 0.2) is 4.34 Å². The molecule has 0 aliphatic heterocycles. The summed E-state index contributed by atoms with van der Waals surface area (Å²) in [6.07, 6.45) is 0. The molecule has 0 aliphatic rings. The third-order valence-electron chi connectivity index (χ3n) is 2.17. The van der Waals surface area contributed by atoms with Crippen LogP contribution in [0.25, 0.3) is 0 Å². The van der Waals surface area contributed by atoms with E-state index in [0.29, 0.717) is 0 Å². The number of benzene rings is 1. The normalized spacial score (nSPS) is 14.6. The molecule has 1 aromatic carbocycles. The van der Waals surface area contributed by atoms with Gasteiger partial charge < -0.3 is 5.73 Å². The zero-order valence-electron chi connectivity index (χ0n) is 8.91. The Bertz CT molecular complexity index is 414. The smallest absolute Gasteiger partial charge is 0.174 e. The van der Waals surface area contributed by atoms with E-state index in [1.807, 2.05) is 25.1 Å². The summed E-state index contributed by atoms with van der Waals surface area (Å²) < 4.78 is 0.964. The van der Waals surface area contributed by atoms with E-state index in [4.69, 9.17) is 5.73 Å². The summed E-state index contributed by atoms with van der Waals surface area (Å²) >= 11 is 3.22. The van der Waals surface area contributed by atoms with Crippen molar-refractivity contribution in [2.24, 2.45) is 5.73 Å². The average molecular weight is 251 g/mol. The molecular formula is C11H13N3S2. The third kappa shape index (κ3) is 2.81. The van der Waals surface area contributed by atoms with Crippen LogP contribution in [-0.4, -0.2) is 16.2 Å². The number of nitrogens with two attached hydrogens (primary N) is 1. The van der Waals surface area contributed by atoms with Crippen LogP contribution in [0, 0.1) is 0 Å². The Hall–Kier alpha value is -0.910. The Morgan fingerprint density at radius 3 is 2.62 bits per heavy atom. The third-order valence-corrected chi connectivity index (χ3v) is 4.47. The second kappa shape index (κ2) is 5.43. The van der Waals surface area contributed by atoms with E-state index in [1.54, 1.807) is 28.6 Å². The summed E-state index contributed by atoms with van der Waals surface area (Å²) in [5, 5.41) is 8.11. The maximum atomic E-state index is 6.02. The van der Waals surface area contributed by atoms with Crippen molar-refractivity contribution in [3.05, 3.63) is 41.4 Å². The van der Waals surface area contributed by atoms with E-state index in [0.717, 1.165) is 4.34 Å². The highest BCUT2D eigenvalue weighted by Crippen LogP contribution is 2.37. The first-order valence-electron chi connectivity index (χ1n) is 5.00. The number of rotatable bonds is 4. The minimum absolute atomic E-state index is 0.0799. The van der Waals surface area contributed by atoms with Gasteiger partial charge in [-0.15, -0.1) is 10.2 Å². The minimum Gasteiger partial charge on any atom is -0.327 e. The molecule has 16 heavy (non-hydrogen) atoms. The maximum absolute atomic E-state index is 6.02. The van der Waals surface area contributed by atoms with Crippen molar-refractivity contribution in [3.8, 4) is 0 Å². The Balaban J connectivity index is 2.18. The molecule has 5 heteroatoms. The lowest BCUT2D eigenvalue weighted by Crippen LogP contribution is -2.22. The van der Waals surface area contributed by atoms with Gasteiger partial charge in [0.05, 0.1) is 5.25 Å². The molecule has 0 amide bonds. The number of aromatic nitrogens is 2. The van der Waals surface area contributed by atoms with E-state index >= 15 is 0 Å². The van der Waals surface area contributed by atoms with Crippen molar-refractivity contribution in [2.75, 3.05) is 0 Å². The van der Waals surface area contributed by atoms with Gasteiger partial charge in [-0.05, 0) is 12.5 Å². The van der Waals surface area contributed by atoms with E-state index in [1.165, 1.54) is 5.56 Å². The average Bonchev–Trinajstić information content (AvgIpc) is 2.79. The molecule has 1 heterocycles. The molecule has 0 saturated heterocycles. The van der Waals surface area contributed by atoms with Crippen LogP contribution in [0.4, 0.5) is 0 Å². The van der Waals surface area contributed by atoms with E-state index in [2.05, 4.69) is 22.3 Å². The summed E-state index contributed by atoms with van der Waals surface area (Å²) in [7, 11) is 0. The summed E-state index contributed by atoms with van der Waals surface area (Å²) in [6.45, 7) is 2.02. The van der Waals surface area contributed by atoms with Crippen LogP contribution in [-0.2, 0) is 0 Å². The molecule has 0 fully saturated rings. The van der Waals surface area contributed by atoms with Crippen LogP contribution in [0.5, 0.6) is 0 Å². The van der Waals surface area contributed by atoms with Crippen molar-refractivity contribution in [3.63, 3.8) is 0 Å². The Kier molecular flexibility index (Phi) is 3.93. The molecule has 0 saturated carbocycles. The van der Waals surface area contributed by atoms with Crippen molar-refractivity contribution >= 4 is 23.1 Å². The van der Waals surface area contributed by atoms with E-state index in [-0.39, 0.29) is 11.3 Å². The van der Waals surface area contributed by atoms with Crippen molar-refractivity contribution < 1.29 is 0 Å². The van der Waals surface area contributed by atoms with Gasteiger partial charge in [-0.2, -0.15) is 0 Å². The molecule has 2 atom stereocenters. The highest BCUT2D eigenvalue weighted by molar-refractivity contribution is 8.01. The lowest BCUT2D eigenvalue weighted by Gasteiger charge is -2.19. The Morgan fingerprint density at radius 1 is 1.31 bits per heavy atom. The first kappa shape index (κ1) is 11.6. The number of hydrogen-bond donors (Lipinski definition) is 1. The topological polar surface area (TPSA) is 51.8 Å². The lowest BCUT2D eigenvalue weighted by atomic mass is 10.1. The zero-order chi connectivity index (χ0) is 11.4. The summed E-state index contributed by atoms with van der Waals surface area (Å²) in [5.41, 5.74) is 9.00. The van der Waals surface area contributed by atoms with Crippen LogP contribution in [0.1, 0.15) is 17.7 Å². The summed E-state index contributed by atoms with van der Waals surface area (Å²) in [6, 6.07) is 10.4. The zero-order valence-corrected chi connectivity index (χ0v) is 10.5. The maximum Gasteiger partial charge on any atom is 0.174 e. The number of hydrogen-bond acceptors (Lipinski definition) is 5. The molecule has 0 bridgehead atoms. The van der Waals surface area contributed by atoms with Crippen LogP contribution in [0.3, 0.4) is 0 Å². The minimum atomic E-state index is 0.0799. The first-order valence-corrected chi connectivity index (χ1v) is 6.76. The molecule has 1 aromatic heterocycles. The van der Waals surface area contributed by atoms with Gasteiger partial charge in [0.1, 0.15) is 5.51 Å². The fraction of sp³-hybridized carbons (Fsp3) is 0.273. The molecule has 0 radical (unpaired) electrons. The SMILES string of the molecule is CC(N)C(Sc1nncs1)c1ccccc1. The van der Waals surface area contributed by atoms with Gasteiger partial charge in [0.25, 0.3) is 0 Å². The van der Waals surface area contributed by atoms with Gasteiger partial charge in [0, 0.05) is 6.04 Å². The molecule has 0 aliphatic carbocycles. The molecule has 2 aromatic rings. The molecule has 2 rings (SSSR count). The highest BCUT2D eigenvalue weighted by atomic mass is 32.2. The van der Waals surface area contributed by atoms with Crippen LogP contribution >= 0.6 is 23.1 Å². The summed E-state index contributed by atoms with van der Waals surface area (Å²) in [5.74, 6) is 0. The van der Waals surface area contributed by atoms with E-state index in [9.17, 15) is 0 Å². The van der Waals surface area contributed by atoms with Gasteiger partial charge in [-0.25, -0.2) is 0 Å². The molecule has 2 unspecified atom stereocenters. The van der Waals surface area contributed by atoms with Crippen LogP contribution < -0.4 is 5.73 Å². The number of thioether (sulfide) groups is 1. The molecule has 2 N–H and O–H groups in total.